The summed E-state index contributed by atoms with van der Waals surface area (Å²) in [5, 5.41) is 1.62. The summed E-state index contributed by atoms with van der Waals surface area (Å²) in [6.07, 6.45) is 3.74. The second-order valence-electron chi connectivity index (χ2n) is 6.23. The smallest absolute Gasteiger partial charge is 0.342 e. The molecule has 1 atom stereocenters. The van der Waals surface area contributed by atoms with E-state index >= 15 is 0 Å². The maximum absolute atomic E-state index is 12.6. The number of ether oxygens (including phenoxy) is 3. The number of benzene rings is 3. The van der Waals surface area contributed by atoms with Gasteiger partial charge in [-0.1, -0.05) is 54.6 Å². The Hall–Kier alpha value is -3.27. The van der Waals surface area contributed by atoms with Gasteiger partial charge in [-0.3, -0.25) is 0 Å². The number of carbonyl (C=O) groups is 1. The Morgan fingerprint density at radius 1 is 1.04 bits per heavy atom. The number of hydrogen-bond donors (Lipinski definition) is 0. The minimum Gasteiger partial charge on any atom is -0.495 e. The fourth-order valence-corrected chi connectivity index (χ4v) is 3.47. The highest BCUT2D eigenvalue weighted by Gasteiger charge is 2.28. The van der Waals surface area contributed by atoms with Crippen molar-refractivity contribution in [2.45, 2.75) is 13.0 Å². The molecule has 1 aliphatic heterocycles. The third-order valence-electron chi connectivity index (χ3n) is 4.65. The SMILES string of the molecule is CCOC(=O)c1c(OC)c2c(c3ccccc13)OC(c1ccccc1)C=C2. The summed E-state index contributed by atoms with van der Waals surface area (Å²) in [4.78, 5) is 12.6. The maximum atomic E-state index is 12.6. The van der Waals surface area contributed by atoms with Gasteiger partial charge in [0.1, 0.15) is 23.2 Å². The van der Waals surface area contributed by atoms with Gasteiger partial charge in [-0.2, -0.15) is 0 Å². The van der Waals surface area contributed by atoms with Crippen molar-refractivity contribution >= 4 is 22.8 Å². The molecule has 0 spiro atoms. The van der Waals surface area contributed by atoms with Crippen molar-refractivity contribution in [2.75, 3.05) is 13.7 Å². The van der Waals surface area contributed by atoms with Gasteiger partial charge in [0.25, 0.3) is 0 Å². The van der Waals surface area contributed by atoms with Gasteiger partial charge in [0.2, 0.25) is 0 Å². The molecule has 4 heteroatoms. The van der Waals surface area contributed by atoms with Gasteiger partial charge in [0.05, 0.1) is 19.3 Å². The quantitative estimate of drug-likeness (QED) is 0.602. The van der Waals surface area contributed by atoms with Crippen molar-refractivity contribution in [3.63, 3.8) is 0 Å². The van der Waals surface area contributed by atoms with Crippen LogP contribution >= 0.6 is 0 Å². The summed E-state index contributed by atoms with van der Waals surface area (Å²) in [6.45, 7) is 2.09. The molecular formula is C23H20O4. The fraction of sp³-hybridized carbons (Fsp3) is 0.174. The Morgan fingerprint density at radius 3 is 2.44 bits per heavy atom. The number of fused-ring (bicyclic) bond motifs is 3. The van der Waals surface area contributed by atoms with E-state index in [1.165, 1.54) is 0 Å². The lowest BCUT2D eigenvalue weighted by molar-refractivity contribution is 0.0525. The van der Waals surface area contributed by atoms with E-state index in [2.05, 4.69) is 0 Å². The van der Waals surface area contributed by atoms with Crippen LogP contribution in [0.2, 0.25) is 0 Å². The number of esters is 1. The van der Waals surface area contributed by atoms with Crippen molar-refractivity contribution in [1.82, 2.24) is 0 Å². The summed E-state index contributed by atoms with van der Waals surface area (Å²) in [5.74, 6) is 0.795. The van der Waals surface area contributed by atoms with Gasteiger partial charge in [-0.15, -0.1) is 0 Å². The number of carbonyl (C=O) groups excluding carboxylic acids is 1. The summed E-state index contributed by atoms with van der Waals surface area (Å²) < 4.78 is 17.3. The third-order valence-corrected chi connectivity index (χ3v) is 4.65. The molecule has 0 amide bonds. The zero-order valence-corrected chi connectivity index (χ0v) is 15.3. The van der Waals surface area contributed by atoms with Crippen molar-refractivity contribution < 1.29 is 19.0 Å². The second-order valence-corrected chi connectivity index (χ2v) is 6.23. The van der Waals surface area contributed by atoms with E-state index in [1.807, 2.05) is 66.7 Å². The summed E-state index contributed by atoms with van der Waals surface area (Å²) >= 11 is 0. The number of rotatable bonds is 4. The molecule has 0 bridgehead atoms. The second kappa shape index (κ2) is 7.16. The molecule has 4 nitrogen and oxygen atoms in total. The average molecular weight is 360 g/mol. The Morgan fingerprint density at radius 2 is 1.74 bits per heavy atom. The predicted molar refractivity (Wildman–Crippen MR) is 105 cm³/mol. The highest BCUT2D eigenvalue weighted by atomic mass is 16.5. The zero-order valence-electron chi connectivity index (χ0n) is 15.3. The van der Waals surface area contributed by atoms with Crippen molar-refractivity contribution in [3.05, 3.63) is 77.4 Å². The lowest BCUT2D eigenvalue weighted by Crippen LogP contribution is -2.13. The van der Waals surface area contributed by atoms with Crippen molar-refractivity contribution in [1.29, 1.82) is 0 Å². The topological polar surface area (TPSA) is 44.8 Å². The average Bonchev–Trinajstić information content (AvgIpc) is 2.73. The molecule has 0 aromatic heterocycles. The zero-order chi connectivity index (χ0) is 18.8. The van der Waals surface area contributed by atoms with E-state index in [0.717, 1.165) is 21.9 Å². The first-order chi connectivity index (χ1) is 13.2. The Balaban J connectivity index is 1.94. The molecule has 1 aliphatic rings. The molecule has 0 radical (unpaired) electrons. The van der Waals surface area contributed by atoms with Crippen LogP contribution in [-0.4, -0.2) is 19.7 Å². The van der Waals surface area contributed by atoms with Gasteiger partial charge < -0.3 is 14.2 Å². The molecule has 136 valence electrons. The fourth-order valence-electron chi connectivity index (χ4n) is 3.47. The van der Waals surface area contributed by atoms with Crippen LogP contribution in [0.4, 0.5) is 0 Å². The van der Waals surface area contributed by atoms with Crippen LogP contribution in [0.5, 0.6) is 11.5 Å². The van der Waals surface area contributed by atoms with E-state index in [4.69, 9.17) is 14.2 Å². The van der Waals surface area contributed by atoms with E-state index in [9.17, 15) is 4.79 Å². The summed E-state index contributed by atoms with van der Waals surface area (Å²) in [5.41, 5.74) is 2.25. The molecular weight excluding hydrogens is 340 g/mol. The molecule has 4 rings (SSSR count). The molecule has 1 unspecified atom stereocenters. The number of methoxy groups -OCH3 is 1. The van der Waals surface area contributed by atoms with Crippen LogP contribution in [0.15, 0.2) is 60.7 Å². The molecule has 0 fully saturated rings. The molecule has 0 saturated heterocycles. The minimum absolute atomic E-state index is 0.194. The van der Waals surface area contributed by atoms with Gasteiger partial charge >= 0.3 is 5.97 Å². The Bertz CT molecular complexity index is 1020. The monoisotopic (exact) mass is 360 g/mol. The first kappa shape index (κ1) is 17.2. The van der Waals surface area contributed by atoms with E-state index < -0.39 is 5.97 Å². The standard InChI is InChI=1S/C23H20O4/c1-3-26-23(24)20-16-11-7-8-12-17(16)21-18(22(20)25-2)13-14-19(27-21)15-9-5-4-6-10-15/h4-14,19H,3H2,1-2H3. The summed E-state index contributed by atoms with van der Waals surface area (Å²) in [7, 11) is 1.56. The first-order valence-corrected chi connectivity index (χ1v) is 8.94. The van der Waals surface area contributed by atoms with Crippen LogP contribution in [0.25, 0.3) is 16.8 Å². The molecule has 1 heterocycles. The lowest BCUT2D eigenvalue weighted by atomic mass is 9.95. The van der Waals surface area contributed by atoms with Crippen LogP contribution in [0.1, 0.15) is 34.5 Å². The van der Waals surface area contributed by atoms with E-state index in [-0.39, 0.29) is 6.10 Å². The van der Waals surface area contributed by atoms with Gasteiger partial charge in [-0.05, 0) is 24.6 Å². The van der Waals surface area contributed by atoms with Gasteiger partial charge in [0.15, 0.2) is 0 Å². The van der Waals surface area contributed by atoms with Crippen molar-refractivity contribution in [2.24, 2.45) is 0 Å². The minimum atomic E-state index is -0.396. The lowest BCUT2D eigenvalue weighted by Gasteiger charge is -2.26. The molecule has 0 aliphatic carbocycles. The first-order valence-electron chi connectivity index (χ1n) is 8.94. The number of hydrogen-bond acceptors (Lipinski definition) is 4. The van der Waals surface area contributed by atoms with E-state index in [0.29, 0.717) is 23.7 Å². The Kier molecular flexibility index (Phi) is 4.55. The van der Waals surface area contributed by atoms with Gasteiger partial charge in [-0.25, -0.2) is 4.79 Å². The van der Waals surface area contributed by atoms with Crippen LogP contribution in [0.3, 0.4) is 0 Å². The van der Waals surface area contributed by atoms with Crippen LogP contribution in [0, 0.1) is 0 Å². The largest absolute Gasteiger partial charge is 0.495 e. The molecule has 3 aromatic rings. The van der Waals surface area contributed by atoms with Crippen LogP contribution in [-0.2, 0) is 4.74 Å². The molecule has 0 N–H and O–H groups in total. The highest BCUT2D eigenvalue weighted by Crippen LogP contribution is 2.46. The molecule has 3 aromatic carbocycles. The van der Waals surface area contributed by atoms with E-state index in [1.54, 1.807) is 14.0 Å². The predicted octanol–water partition coefficient (Wildman–Crippen LogP) is 5.17. The normalized spacial score (nSPS) is 15.1. The third kappa shape index (κ3) is 2.93. The van der Waals surface area contributed by atoms with Crippen molar-refractivity contribution in [3.8, 4) is 11.5 Å². The van der Waals surface area contributed by atoms with Gasteiger partial charge in [0, 0.05) is 10.8 Å². The maximum Gasteiger partial charge on any atom is 0.342 e. The Labute approximate surface area is 158 Å². The molecule has 27 heavy (non-hydrogen) atoms. The molecule has 0 saturated carbocycles. The highest BCUT2D eigenvalue weighted by molar-refractivity contribution is 6.11. The summed E-state index contributed by atoms with van der Waals surface area (Å²) in [6, 6.07) is 17.7. The van der Waals surface area contributed by atoms with Crippen LogP contribution < -0.4 is 9.47 Å².